The van der Waals surface area contributed by atoms with Crippen LogP contribution in [0.2, 0.25) is 0 Å². The van der Waals surface area contributed by atoms with Gasteiger partial charge in [0.15, 0.2) is 23.2 Å². The zero-order valence-corrected chi connectivity index (χ0v) is 17.6. The Hall–Kier alpha value is -3.85. The summed E-state index contributed by atoms with van der Waals surface area (Å²) in [6.07, 6.45) is 2.68. The van der Waals surface area contributed by atoms with Crippen molar-refractivity contribution in [2.75, 3.05) is 26.1 Å². The van der Waals surface area contributed by atoms with Crippen LogP contribution in [0.4, 0.5) is 5.13 Å². The number of nitrogens with zero attached hydrogens (tertiary/aromatic N) is 1. The average Bonchev–Trinajstić information content (AvgIpc) is 3.25. The second-order valence-electron chi connectivity index (χ2n) is 6.19. The summed E-state index contributed by atoms with van der Waals surface area (Å²) < 4.78 is 15.1. The summed E-state index contributed by atoms with van der Waals surface area (Å²) in [7, 11) is 3.02. The van der Waals surface area contributed by atoms with E-state index in [0.29, 0.717) is 16.4 Å². The predicted octanol–water partition coefficient (Wildman–Crippen LogP) is 3.73. The highest BCUT2D eigenvalue weighted by Crippen LogP contribution is 2.27. The molecular weight excluding hydrogens is 420 g/mol. The van der Waals surface area contributed by atoms with Crippen molar-refractivity contribution < 1.29 is 28.9 Å². The molecule has 0 spiro atoms. The molecule has 8 nitrogen and oxygen atoms in total. The third-order valence-electron chi connectivity index (χ3n) is 4.10. The Balaban J connectivity index is 1.49. The van der Waals surface area contributed by atoms with Gasteiger partial charge in [0.25, 0.3) is 5.91 Å². The van der Waals surface area contributed by atoms with Gasteiger partial charge in [-0.1, -0.05) is 6.07 Å². The molecule has 3 aromatic rings. The lowest BCUT2D eigenvalue weighted by atomic mass is 10.2. The number of ether oxygens (including phenoxy) is 3. The van der Waals surface area contributed by atoms with Gasteiger partial charge in [-0.05, 0) is 48.0 Å². The van der Waals surface area contributed by atoms with Gasteiger partial charge in [0.1, 0.15) is 5.75 Å². The first-order chi connectivity index (χ1) is 15.0. The number of aromatic nitrogens is 1. The number of anilines is 1. The molecule has 0 fully saturated rings. The summed E-state index contributed by atoms with van der Waals surface area (Å²) in [5, 5.41) is 14.4. The fraction of sp³-hybridized carbons (Fsp3) is 0.136. The van der Waals surface area contributed by atoms with Crippen molar-refractivity contribution >= 4 is 34.4 Å². The van der Waals surface area contributed by atoms with E-state index in [-0.39, 0.29) is 11.5 Å². The van der Waals surface area contributed by atoms with Gasteiger partial charge in [-0.15, -0.1) is 11.3 Å². The molecule has 9 heteroatoms. The number of aromatic hydroxyl groups is 1. The third kappa shape index (κ3) is 6.06. The van der Waals surface area contributed by atoms with Gasteiger partial charge < -0.3 is 19.3 Å². The highest BCUT2D eigenvalue weighted by molar-refractivity contribution is 7.14. The molecule has 0 bridgehead atoms. The summed E-state index contributed by atoms with van der Waals surface area (Å²) in [6, 6.07) is 12.0. The van der Waals surface area contributed by atoms with Crippen LogP contribution in [0.3, 0.4) is 0 Å². The van der Waals surface area contributed by atoms with E-state index < -0.39 is 18.5 Å². The minimum absolute atomic E-state index is 0.00349. The Labute approximate surface area is 182 Å². The Morgan fingerprint density at radius 3 is 2.61 bits per heavy atom. The molecule has 0 aliphatic rings. The maximum Gasteiger partial charge on any atom is 0.331 e. The topological polar surface area (TPSA) is 107 Å². The second kappa shape index (κ2) is 10.3. The molecule has 1 aromatic heterocycles. The number of esters is 1. The number of amides is 1. The summed E-state index contributed by atoms with van der Waals surface area (Å²) in [5.74, 6) is -0.152. The van der Waals surface area contributed by atoms with Crippen molar-refractivity contribution in [1.82, 2.24) is 4.98 Å². The smallest absolute Gasteiger partial charge is 0.331 e. The Morgan fingerprint density at radius 2 is 1.90 bits per heavy atom. The van der Waals surface area contributed by atoms with Crippen LogP contribution in [0.5, 0.6) is 17.2 Å². The number of nitrogens with one attached hydrogen (secondary N) is 1. The zero-order valence-electron chi connectivity index (χ0n) is 16.8. The van der Waals surface area contributed by atoms with Gasteiger partial charge in [-0.3, -0.25) is 10.1 Å². The molecule has 0 radical (unpaired) electrons. The van der Waals surface area contributed by atoms with Crippen LogP contribution in [0.15, 0.2) is 53.9 Å². The number of phenols is 1. The standard InChI is InChI=1S/C22H20N2O6S/c1-28-16-7-5-15(6-8-16)17-13-31-22(23-17)24-20(26)12-30-21(27)10-4-14-3-9-18(25)19(11-14)29-2/h3-11,13,25H,12H2,1-2H3,(H,23,24,26)/b10-4+. The first-order valence-corrected chi connectivity index (χ1v) is 9.98. The van der Waals surface area contributed by atoms with Gasteiger partial charge in [0.05, 0.1) is 19.9 Å². The number of rotatable bonds is 8. The lowest BCUT2D eigenvalue weighted by molar-refractivity contribution is -0.142. The van der Waals surface area contributed by atoms with E-state index in [0.717, 1.165) is 11.3 Å². The lowest BCUT2D eigenvalue weighted by Crippen LogP contribution is -2.20. The summed E-state index contributed by atoms with van der Waals surface area (Å²) >= 11 is 1.27. The highest BCUT2D eigenvalue weighted by Gasteiger charge is 2.10. The number of hydrogen-bond acceptors (Lipinski definition) is 8. The molecule has 2 aromatic carbocycles. The van der Waals surface area contributed by atoms with Crippen LogP contribution < -0.4 is 14.8 Å². The number of benzene rings is 2. The van der Waals surface area contributed by atoms with Crippen molar-refractivity contribution in [2.24, 2.45) is 0 Å². The second-order valence-corrected chi connectivity index (χ2v) is 7.05. The number of carbonyl (C=O) groups is 2. The van der Waals surface area contributed by atoms with Crippen molar-refractivity contribution in [3.8, 4) is 28.5 Å². The molecular formula is C22H20N2O6S. The van der Waals surface area contributed by atoms with E-state index in [9.17, 15) is 14.7 Å². The van der Waals surface area contributed by atoms with E-state index in [4.69, 9.17) is 14.2 Å². The van der Waals surface area contributed by atoms with Crippen molar-refractivity contribution in [1.29, 1.82) is 0 Å². The molecule has 31 heavy (non-hydrogen) atoms. The van der Waals surface area contributed by atoms with Crippen LogP contribution in [0.25, 0.3) is 17.3 Å². The van der Waals surface area contributed by atoms with Gasteiger partial charge >= 0.3 is 5.97 Å². The van der Waals surface area contributed by atoms with Crippen molar-refractivity contribution in [2.45, 2.75) is 0 Å². The molecule has 2 N–H and O–H groups in total. The first kappa shape index (κ1) is 21.8. The summed E-state index contributed by atoms with van der Waals surface area (Å²) in [4.78, 5) is 28.2. The van der Waals surface area contributed by atoms with E-state index in [2.05, 4.69) is 10.3 Å². The molecule has 0 aliphatic heterocycles. The average molecular weight is 440 g/mol. The lowest BCUT2D eigenvalue weighted by Gasteiger charge is -2.04. The van der Waals surface area contributed by atoms with Crippen LogP contribution >= 0.6 is 11.3 Å². The maximum atomic E-state index is 12.0. The number of phenolic OH excluding ortho intramolecular Hbond substituents is 1. The molecule has 3 rings (SSSR count). The van der Waals surface area contributed by atoms with Crippen molar-refractivity contribution in [3.63, 3.8) is 0 Å². The van der Waals surface area contributed by atoms with Crippen molar-refractivity contribution in [3.05, 3.63) is 59.5 Å². The van der Waals surface area contributed by atoms with E-state index in [1.807, 2.05) is 29.6 Å². The monoisotopic (exact) mass is 440 g/mol. The van der Waals surface area contributed by atoms with Crippen LogP contribution in [-0.2, 0) is 14.3 Å². The summed E-state index contributed by atoms with van der Waals surface area (Å²) in [5.41, 5.74) is 2.23. The number of thiazole rings is 1. The minimum atomic E-state index is -0.680. The SMILES string of the molecule is COc1ccc(-c2csc(NC(=O)COC(=O)/C=C/c3ccc(O)c(OC)c3)n2)cc1. The molecule has 0 atom stereocenters. The van der Waals surface area contributed by atoms with Crippen LogP contribution in [0.1, 0.15) is 5.56 Å². The molecule has 0 aliphatic carbocycles. The van der Waals surface area contributed by atoms with Gasteiger partial charge in [-0.25, -0.2) is 9.78 Å². The molecule has 1 heterocycles. The van der Waals surface area contributed by atoms with E-state index in [1.54, 1.807) is 19.2 Å². The fourth-order valence-corrected chi connectivity index (χ4v) is 3.26. The van der Waals surface area contributed by atoms with Gasteiger partial charge in [-0.2, -0.15) is 0 Å². The zero-order chi connectivity index (χ0) is 22.2. The van der Waals surface area contributed by atoms with Crippen LogP contribution in [0, 0.1) is 0 Å². The molecule has 0 saturated carbocycles. The quantitative estimate of drug-likeness (QED) is 0.406. The number of hydrogen-bond donors (Lipinski definition) is 2. The van der Waals surface area contributed by atoms with Gasteiger partial charge in [0, 0.05) is 17.0 Å². The first-order valence-electron chi connectivity index (χ1n) is 9.10. The Morgan fingerprint density at radius 1 is 1.13 bits per heavy atom. The summed E-state index contributed by atoms with van der Waals surface area (Å²) in [6.45, 7) is -0.445. The van der Waals surface area contributed by atoms with E-state index >= 15 is 0 Å². The number of carbonyl (C=O) groups excluding carboxylic acids is 2. The molecule has 1 amide bonds. The highest BCUT2D eigenvalue weighted by atomic mass is 32.1. The molecule has 0 saturated heterocycles. The normalized spacial score (nSPS) is 10.6. The third-order valence-corrected chi connectivity index (χ3v) is 4.86. The molecule has 0 unspecified atom stereocenters. The Kier molecular flexibility index (Phi) is 7.23. The maximum absolute atomic E-state index is 12.0. The number of methoxy groups -OCH3 is 2. The van der Waals surface area contributed by atoms with E-state index in [1.165, 1.54) is 36.7 Å². The fourth-order valence-electron chi connectivity index (χ4n) is 2.53. The van der Waals surface area contributed by atoms with Crippen LogP contribution in [-0.4, -0.2) is 42.8 Å². The minimum Gasteiger partial charge on any atom is -0.504 e. The largest absolute Gasteiger partial charge is 0.504 e. The Bertz CT molecular complexity index is 1090. The van der Waals surface area contributed by atoms with Gasteiger partial charge in [0.2, 0.25) is 0 Å². The predicted molar refractivity (Wildman–Crippen MR) is 117 cm³/mol. The molecule has 160 valence electrons.